The molecular formula is C37H30O18. The maximum absolute atomic E-state index is 13.4. The van der Waals surface area contributed by atoms with E-state index in [1.165, 1.54) is 0 Å². The van der Waals surface area contributed by atoms with Crippen molar-refractivity contribution in [2.75, 3.05) is 0 Å². The largest absolute Gasteiger partial charge is 0.508 e. The first kappa shape index (κ1) is 35.9. The number of aliphatic hydroxyl groups is 1. The highest BCUT2D eigenvalue weighted by Gasteiger charge is 2.46. The predicted molar refractivity (Wildman–Crippen MR) is 181 cm³/mol. The quantitative estimate of drug-likeness (QED) is 0.0901. The Balaban J connectivity index is 1.36. The Morgan fingerprint density at radius 1 is 0.527 bits per heavy atom. The van der Waals surface area contributed by atoms with Gasteiger partial charge in [-0.15, -0.1) is 0 Å². The second-order valence-corrected chi connectivity index (χ2v) is 12.9. The van der Waals surface area contributed by atoms with Crippen molar-refractivity contribution in [2.45, 2.75) is 36.8 Å². The van der Waals surface area contributed by atoms with E-state index in [-0.39, 0.29) is 33.8 Å². The molecule has 0 spiro atoms. The van der Waals surface area contributed by atoms with Gasteiger partial charge in [0.1, 0.15) is 46.7 Å². The number of hydrogen-bond donors (Lipinski definition) is 14. The van der Waals surface area contributed by atoms with Crippen molar-refractivity contribution >= 4 is 5.97 Å². The topological polar surface area (TPSA) is 328 Å². The van der Waals surface area contributed by atoms with Crippen LogP contribution >= 0.6 is 0 Å². The summed E-state index contributed by atoms with van der Waals surface area (Å²) in [6.07, 6.45) is -6.89. The second kappa shape index (κ2) is 12.9. The average molecular weight is 763 g/mol. The van der Waals surface area contributed by atoms with Gasteiger partial charge in [-0.3, -0.25) is 0 Å². The molecule has 0 saturated heterocycles. The van der Waals surface area contributed by atoms with Crippen molar-refractivity contribution in [1.29, 1.82) is 0 Å². The van der Waals surface area contributed by atoms with Gasteiger partial charge in [-0.05, 0) is 36.4 Å². The molecule has 2 aliphatic rings. The van der Waals surface area contributed by atoms with Crippen molar-refractivity contribution in [3.63, 3.8) is 0 Å². The third kappa shape index (κ3) is 5.95. The fourth-order valence-corrected chi connectivity index (χ4v) is 6.85. The minimum atomic E-state index is -1.87. The number of fused-ring (bicyclic) bond motifs is 2. The van der Waals surface area contributed by atoms with E-state index in [0.29, 0.717) is 0 Å². The van der Waals surface area contributed by atoms with Gasteiger partial charge in [0, 0.05) is 52.4 Å². The highest BCUT2D eigenvalue weighted by Crippen LogP contribution is 2.57. The van der Waals surface area contributed by atoms with E-state index in [0.717, 1.165) is 54.6 Å². The lowest BCUT2D eigenvalue weighted by molar-refractivity contribution is -0.0191. The summed E-state index contributed by atoms with van der Waals surface area (Å²) in [4.78, 5) is 13.4. The van der Waals surface area contributed by atoms with Crippen LogP contribution in [0.3, 0.4) is 0 Å². The Morgan fingerprint density at radius 3 is 1.55 bits per heavy atom. The fourth-order valence-electron chi connectivity index (χ4n) is 6.85. The van der Waals surface area contributed by atoms with Crippen LogP contribution in [0.5, 0.6) is 86.2 Å². The van der Waals surface area contributed by atoms with Gasteiger partial charge in [0.05, 0.1) is 11.5 Å². The van der Waals surface area contributed by atoms with E-state index in [2.05, 4.69) is 0 Å². The summed E-state index contributed by atoms with van der Waals surface area (Å²) < 4.78 is 17.6. The predicted octanol–water partition coefficient (Wildman–Crippen LogP) is 3.39. The van der Waals surface area contributed by atoms with E-state index in [1.807, 2.05) is 0 Å². The molecule has 0 radical (unpaired) electrons. The van der Waals surface area contributed by atoms with Gasteiger partial charge in [0.25, 0.3) is 0 Å². The fraction of sp³-hybridized carbons (Fsp3) is 0.162. The summed E-state index contributed by atoms with van der Waals surface area (Å²) in [5, 5.41) is 147. The zero-order valence-corrected chi connectivity index (χ0v) is 27.7. The van der Waals surface area contributed by atoms with Gasteiger partial charge in [0.2, 0.25) is 0 Å². The number of phenols is 13. The Bertz CT molecular complexity index is 2340. The third-order valence-electron chi connectivity index (χ3n) is 9.42. The van der Waals surface area contributed by atoms with Crippen molar-refractivity contribution in [3.8, 4) is 86.2 Å². The molecule has 14 N–H and O–H groups in total. The lowest BCUT2D eigenvalue weighted by atomic mass is 9.77. The first-order valence-electron chi connectivity index (χ1n) is 16.1. The SMILES string of the molecule is O=C(O[C@@H]1Cc2c(cc(O)c(C3c4c(O)cc(O)cc4O[C@H](c4cc(O)c(O)c(O)c4)[C@@H]3O)c2O)O[C@@H]1c1cc(O)c(O)c(O)c1)c1cc(O)c(O)c(O)c1. The van der Waals surface area contributed by atoms with E-state index in [9.17, 15) is 76.3 Å². The molecule has 0 aromatic heterocycles. The monoisotopic (exact) mass is 762 g/mol. The maximum atomic E-state index is 13.4. The average Bonchev–Trinajstić information content (AvgIpc) is 3.11. The van der Waals surface area contributed by atoms with Gasteiger partial charge in [-0.25, -0.2) is 4.79 Å². The Kier molecular flexibility index (Phi) is 8.41. The van der Waals surface area contributed by atoms with E-state index in [1.54, 1.807) is 0 Å². The Morgan fingerprint density at radius 2 is 1.00 bits per heavy atom. The first-order chi connectivity index (χ1) is 25.9. The number of phenolic OH excluding ortho intramolecular Hbond substituents is 13. The van der Waals surface area contributed by atoms with Crippen LogP contribution in [0.2, 0.25) is 0 Å². The van der Waals surface area contributed by atoms with Crippen molar-refractivity contribution < 1.29 is 90.5 Å². The standard InChI is InChI=1S/C37H30O18/c38-14-7-16(39)27-25(8-14)54-36(12-3-20(43)32(49)21(44)4-12)34(51)29(27)28-17(40)10-24-15(30(28)47)9-26(35(53-24)11-1-18(41)31(48)19(42)2-11)55-37(52)13-5-22(45)33(50)23(46)6-13/h1-8,10,26,29,34-36,38-51H,9H2/t26-,29?,34-,35-,36-/m1/s1. The van der Waals surface area contributed by atoms with Crippen LogP contribution in [-0.4, -0.2) is 89.7 Å². The number of esters is 1. The molecule has 7 rings (SSSR count). The van der Waals surface area contributed by atoms with E-state index in [4.69, 9.17) is 14.2 Å². The van der Waals surface area contributed by atoms with Gasteiger partial charge in [-0.2, -0.15) is 0 Å². The Hall–Kier alpha value is -7.47. The Labute approximate surface area is 307 Å². The minimum absolute atomic E-state index is 0.0857. The van der Waals surface area contributed by atoms with E-state index >= 15 is 0 Å². The number of aliphatic hydroxyl groups excluding tert-OH is 1. The van der Waals surface area contributed by atoms with Gasteiger partial charge >= 0.3 is 5.97 Å². The van der Waals surface area contributed by atoms with Crippen LogP contribution in [0.25, 0.3) is 0 Å². The molecule has 286 valence electrons. The molecule has 1 unspecified atom stereocenters. The molecule has 18 nitrogen and oxygen atoms in total. The van der Waals surface area contributed by atoms with Crippen LogP contribution < -0.4 is 9.47 Å². The molecule has 5 atom stereocenters. The molecule has 55 heavy (non-hydrogen) atoms. The number of carbonyl (C=O) groups is 1. The van der Waals surface area contributed by atoms with E-state index < -0.39 is 129 Å². The molecular weight excluding hydrogens is 732 g/mol. The second-order valence-electron chi connectivity index (χ2n) is 12.9. The van der Waals surface area contributed by atoms with Crippen molar-refractivity contribution in [2.24, 2.45) is 0 Å². The van der Waals surface area contributed by atoms with Crippen LogP contribution in [0.1, 0.15) is 56.3 Å². The molecule has 0 aliphatic carbocycles. The molecule has 5 aromatic carbocycles. The molecule has 0 saturated carbocycles. The summed E-state index contributed by atoms with van der Waals surface area (Å²) >= 11 is 0. The highest BCUT2D eigenvalue weighted by molar-refractivity contribution is 5.91. The molecule has 0 amide bonds. The summed E-state index contributed by atoms with van der Waals surface area (Å²) in [6.45, 7) is 0. The maximum Gasteiger partial charge on any atom is 0.338 e. The highest BCUT2D eigenvalue weighted by atomic mass is 16.6. The summed E-state index contributed by atoms with van der Waals surface area (Å²) in [5.74, 6) is -13.6. The van der Waals surface area contributed by atoms with Crippen LogP contribution in [0, 0.1) is 0 Å². The van der Waals surface area contributed by atoms with Crippen molar-refractivity contribution in [1.82, 2.24) is 0 Å². The molecule has 0 fully saturated rings. The summed E-state index contributed by atoms with van der Waals surface area (Å²) in [6, 6.07) is 8.41. The molecule has 18 heteroatoms. The summed E-state index contributed by atoms with van der Waals surface area (Å²) in [5.41, 5.74) is -1.52. The molecule has 0 bridgehead atoms. The van der Waals surface area contributed by atoms with Crippen LogP contribution in [0.15, 0.2) is 54.6 Å². The lowest BCUT2D eigenvalue weighted by Crippen LogP contribution is -2.36. The number of ether oxygens (including phenoxy) is 3. The number of benzene rings is 5. The lowest BCUT2D eigenvalue weighted by Gasteiger charge is -2.39. The number of aromatic hydroxyl groups is 13. The van der Waals surface area contributed by atoms with Gasteiger partial charge < -0.3 is 85.7 Å². The summed E-state index contributed by atoms with van der Waals surface area (Å²) in [7, 11) is 0. The zero-order valence-electron chi connectivity index (χ0n) is 27.7. The number of hydrogen-bond acceptors (Lipinski definition) is 18. The van der Waals surface area contributed by atoms with Gasteiger partial charge in [0.15, 0.2) is 64.0 Å². The van der Waals surface area contributed by atoms with Crippen molar-refractivity contribution in [3.05, 3.63) is 88.0 Å². The minimum Gasteiger partial charge on any atom is -0.508 e. The normalized spacial score (nSPS) is 20.1. The molecule has 2 aliphatic heterocycles. The number of rotatable bonds is 5. The smallest absolute Gasteiger partial charge is 0.338 e. The molecule has 5 aromatic rings. The van der Waals surface area contributed by atoms with Crippen LogP contribution in [0.4, 0.5) is 0 Å². The first-order valence-corrected chi connectivity index (χ1v) is 16.1. The number of carbonyl (C=O) groups excluding carboxylic acids is 1. The zero-order chi connectivity index (χ0) is 39.8. The van der Waals surface area contributed by atoms with Gasteiger partial charge in [-0.1, -0.05) is 0 Å². The van der Waals surface area contributed by atoms with Crippen LogP contribution in [-0.2, 0) is 11.2 Å². The third-order valence-corrected chi connectivity index (χ3v) is 9.42. The molecule has 2 heterocycles.